The predicted molar refractivity (Wildman–Crippen MR) is 49.8 cm³/mol. The first-order valence-corrected chi connectivity index (χ1v) is 4.29. The molecule has 0 atom stereocenters. The first-order valence-electron chi connectivity index (χ1n) is 2.29. The van der Waals surface area contributed by atoms with Gasteiger partial charge < -0.3 is 0 Å². The molecule has 1 heterocycles. The van der Waals surface area contributed by atoms with Gasteiger partial charge in [0.1, 0.15) is 0 Å². The second kappa shape index (κ2) is 4.41. The van der Waals surface area contributed by atoms with E-state index in [1.54, 1.807) is 11.3 Å². The fourth-order valence-electron chi connectivity index (χ4n) is 0.457. The Bertz CT molecular complexity index is 175. The van der Waals surface area contributed by atoms with E-state index in [4.69, 9.17) is 0 Å². The predicted octanol–water partition coefficient (Wildman–Crippen LogP) is 2.92. The van der Waals surface area contributed by atoms with Gasteiger partial charge in [-0.05, 0) is 6.92 Å². The molecule has 0 radical (unpaired) electrons. The Balaban J connectivity index is 0.000000640. The lowest BCUT2D eigenvalue weighted by Gasteiger charge is -1.84. The molecule has 1 aromatic heterocycles. The molecule has 0 aromatic carbocycles. The van der Waals surface area contributed by atoms with Crippen LogP contribution >= 0.6 is 44.2 Å². The summed E-state index contributed by atoms with van der Waals surface area (Å²) in [5, 5.41) is 0.877. The number of rotatable bonds is 1. The summed E-state index contributed by atoms with van der Waals surface area (Å²) in [5.41, 5.74) is 3.03. The van der Waals surface area contributed by atoms with Crippen LogP contribution in [0.2, 0.25) is 0 Å². The molecule has 0 N–H and O–H groups in total. The average Bonchev–Trinajstić information content (AvgIpc) is 2.14. The van der Waals surface area contributed by atoms with Crippen molar-refractivity contribution in [3.63, 3.8) is 0 Å². The van der Waals surface area contributed by atoms with Crippen molar-refractivity contribution >= 4 is 44.2 Å². The summed E-state index contributed by atoms with van der Waals surface area (Å²) in [4.78, 5) is 5.41. The highest BCUT2D eigenvalue weighted by Gasteiger charge is 1.95. The number of alkyl halides is 1. The van der Waals surface area contributed by atoms with Gasteiger partial charge in [-0.1, -0.05) is 15.9 Å². The molecule has 0 aliphatic rings. The molecule has 0 unspecified atom stereocenters. The third-order valence-electron chi connectivity index (χ3n) is 0.971. The Labute approximate surface area is 77.4 Å². The van der Waals surface area contributed by atoms with Gasteiger partial charge in [0.25, 0.3) is 0 Å². The molecule has 0 fully saturated rings. The van der Waals surface area contributed by atoms with Crippen LogP contribution in [-0.4, -0.2) is 4.98 Å². The quantitative estimate of drug-likeness (QED) is 0.717. The van der Waals surface area contributed by atoms with Crippen molar-refractivity contribution in [2.24, 2.45) is 0 Å². The van der Waals surface area contributed by atoms with E-state index in [0.717, 1.165) is 11.0 Å². The zero-order valence-corrected chi connectivity index (χ0v) is 9.04. The van der Waals surface area contributed by atoms with Crippen molar-refractivity contribution in [3.05, 3.63) is 16.1 Å². The van der Waals surface area contributed by atoms with Gasteiger partial charge in [0.05, 0.1) is 11.2 Å². The van der Waals surface area contributed by atoms with Crippen LogP contribution in [0.5, 0.6) is 0 Å². The van der Waals surface area contributed by atoms with Crippen LogP contribution in [0, 0.1) is 6.92 Å². The number of thiazole rings is 1. The van der Waals surface area contributed by atoms with Gasteiger partial charge >= 0.3 is 0 Å². The van der Waals surface area contributed by atoms with Crippen molar-refractivity contribution in [2.45, 2.75) is 12.3 Å². The van der Waals surface area contributed by atoms with Crippen molar-refractivity contribution < 1.29 is 0 Å². The van der Waals surface area contributed by atoms with Crippen LogP contribution in [0.15, 0.2) is 5.51 Å². The maximum absolute atomic E-state index is 4.11. The lowest BCUT2D eigenvalue weighted by atomic mass is 10.4. The van der Waals surface area contributed by atoms with E-state index >= 15 is 0 Å². The topological polar surface area (TPSA) is 12.9 Å². The molecule has 9 heavy (non-hydrogen) atoms. The number of aromatic nitrogens is 1. The highest BCUT2D eigenvalue weighted by Crippen LogP contribution is 2.13. The van der Waals surface area contributed by atoms with Crippen LogP contribution < -0.4 is 0 Å². The van der Waals surface area contributed by atoms with Gasteiger partial charge in [-0.25, -0.2) is 4.98 Å². The van der Waals surface area contributed by atoms with Crippen LogP contribution in [0.3, 0.4) is 0 Å². The van der Waals surface area contributed by atoms with Crippen LogP contribution in [-0.2, 0) is 5.33 Å². The molecular weight excluding hydrogens is 266 g/mol. The fraction of sp³-hybridized carbons (Fsp3) is 0.400. The number of halogens is 2. The Hall–Kier alpha value is 0.590. The van der Waals surface area contributed by atoms with Gasteiger partial charge in [0.2, 0.25) is 0 Å². The van der Waals surface area contributed by atoms with E-state index in [9.17, 15) is 0 Å². The zero-order chi connectivity index (χ0) is 5.98. The van der Waals surface area contributed by atoms with E-state index in [1.807, 2.05) is 5.51 Å². The number of nitrogens with zero attached hydrogens (tertiary/aromatic N) is 1. The van der Waals surface area contributed by atoms with Crippen LogP contribution in [0.4, 0.5) is 0 Å². The summed E-state index contributed by atoms with van der Waals surface area (Å²) in [6.45, 7) is 2.08. The van der Waals surface area contributed by atoms with Crippen molar-refractivity contribution in [3.8, 4) is 0 Å². The second-order valence-electron chi connectivity index (χ2n) is 1.49. The van der Waals surface area contributed by atoms with Gasteiger partial charge in [-0.2, -0.15) is 0 Å². The van der Waals surface area contributed by atoms with Crippen LogP contribution in [0.25, 0.3) is 0 Å². The third kappa shape index (κ3) is 2.35. The summed E-state index contributed by atoms with van der Waals surface area (Å²) >= 11 is 5.02. The minimum Gasteiger partial charge on any atom is -0.249 e. The normalized spacial score (nSPS) is 8.67. The molecule has 0 amide bonds. The van der Waals surface area contributed by atoms with Crippen LogP contribution in [0.1, 0.15) is 10.6 Å². The summed E-state index contributed by atoms with van der Waals surface area (Å²) in [7, 11) is 0. The fourth-order valence-corrected chi connectivity index (χ4v) is 1.81. The molecule has 1 rings (SSSR count). The summed E-state index contributed by atoms with van der Waals surface area (Å²) in [6.07, 6.45) is 0. The molecule has 0 saturated heterocycles. The second-order valence-corrected chi connectivity index (χ2v) is 3.11. The Morgan fingerprint density at radius 1 is 1.78 bits per heavy atom. The molecular formula is C5H7Br2NS. The first kappa shape index (κ1) is 9.59. The highest BCUT2D eigenvalue weighted by molar-refractivity contribution is 9.08. The Morgan fingerprint density at radius 3 is 2.67 bits per heavy atom. The van der Waals surface area contributed by atoms with Crippen molar-refractivity contribution in [1.82, 2.24) is 4.98 Å². The zero-order valence-electron chi connectivity index (χ0n) is 4.93. The van der Waals surface area contributed by atoms with E-state index in [0.29, 0.717) is 0 Å². The van der Waals surface area contributed by atoms with Crippen molar-refractivity contribution in [1.29, 1.82) is 0 Å². The largest absolute Gasteiger partial charge is 0.249 e. The molecule has 0 aliphatic carbocycles. The minimum atomic E-state index is 0. The molecule has 4 heteroatoms. The SMILES string of the molecule is Br.Cc1scnc1CBr. The molecule has 0 bridgehead atoms. The Kier molecular flexibility index (Phi) is 4.70. The van der Waals surface area contributed by atoms with Gasteiger partial charge in [0, 0.05) is 10.2 Å². The lowest BCUT2D eigenvalue weighted by molar-refractivity contribution is 1.21. The van der Waals surface area contributed by atoms with Crippen molar-refractivity contribution in [2.75, 3.05) is 0 Å². The Morgan fingerprint density at radius 2 is 2.44 bits per heavy atom. The maximum Gasteiger partial charge on any atom is 0.0797 e. The summed E-state index contributed by atoms with van der Waals surface area (Å²) in [5.74, 6) is 0. The molecule has 0 aliphatic heterocycles. The lowest BCUT2D eigenvalue weighted by Crippen LogP contribution is -1.76. The van der Waals surface area contributed by atoms with E-state index < -0.39 is 0 Å². The van der Waals surface area contributed by atoms with E-state index in [2.05, 4.69) is 27.8 Å². The summed E-state index contributed by atoms with van der Waals surface area (Å²) < 4.78 is 0. The van der Waals surface area contributed by atoms with Gasteiger partial charge in [-0.15, -0.1) is 28.3 Å². The molecule has 0 saturated carbocycles. The average molecular weight is 273 g/mol. The molecule has 1 nitrogen and oxygen atoms in total. The van der Waals surface area contributed by atoms with Gasteiger partial charge in [0.15, 0.2) is 0 Å². The number of hydrogen-bond donors (Lipinski definition) is 0. The van der Waals surface area contributed by atoms with E-state index in [1.165, 1.54) is 4.88 Å². The standard InChI is InChI=1S/C5H6BrNS.BrH/c1-4-5(2-6)7-3-8-4;/h3H,2H2,1H3;1H. The smallest absolute Gasteiger partial charge is 0.0797 e. The minimum absolute atomic E-state index is 0. The molecule has 1 aromatic rings. The monoisotopic (exact) mass is 271 g/mol. The summed E-state index contributed by atoms with van der Waals surface area (Å²) in [6, 6.07) is 0. The number of aryl methyl sites for hydroxylation is 1. The first-order chi connectivity index (χ1) is 3.84. The maximum atomic E-state index is 4.11. The highest BCUT2D eigenvalue weighted by atomic mass is 79.9. The molecule has 0 spiro atoms. The van der Waals surface area contributed by atoms with E-state index in [-0.39, 0.29) is 17.0 Å². The third-order valence-corrected chi connectivity index (χ3v) is 2.30. The van der Waals surface area contributed by atoms with Gasteiger partial charge in [-0.3, -0.25) is 0 Å². The number of hydrogen-bond acceptors (Lipinski definition) is 2. The molecule has 52 valence electrons.